The Morgan fingerprint density at radius 1 is 1.07 bits per heavy atom. The van der Waals surface area contributed by atoms with Crippen molar-refractivity contribution < 1.29 is 28.9 Å². The second-order valence-electron chi connectivity index (χ2n) is 7.00. The number of nitrogens with one attached hydrogen (secondary N) is 1. The molecule has 1 heterocycles. The Hall–Kier alpha value is -3.03. The van der Waals surface area contributed by atoms with Crippen LogP contribution in [-0.2, 0) is 26.1 Å². The molecule has 0 spiro atoms. The summed E-state index contributed by atoms with van der Waals surface area (Å²) in [6.07, 6.45) is 4.28. The zero-order chi connectivity index (χ0) is 22.1. The quantitative estimate of drug-likeness (QED) is 0.683. The van der Waals surface area contributed by atoms with Crippen molar-refractivity contribution in [3.05, 3.63) is 83.4 Å². The van der Waals surface area contributed by atoms with Gasteiger partial charge in [-0.05, 0) is 34.4 Å². The molecule has 7 heteroatoms. The van der Waals surface area contributed by atoms with Gasteiger partial charge in [0.05, 0.1) is 43.2 Å². The van der Waals surface area contributed by atoms with E-state index < -0.39 is 22.7 Å². The van der Waals surface area contributed by atoms with Crippen LogP contribution in [-0.4, -0.2) is 41.9 Å². The summed E-state index contributed by atoms with van der Waals surface area (Å²) >= 11 is 0. The van der Waals surface area contributed by atoms with E-state index >= 15 is 0 Å². The lowest BCUT2D eigenvalue weighted by Gasteiger charge is -2.12. The molecule has 0 aromatic heterocycles. The van der Waals surface area contributed by atoms with E-state index in [2.05, 4.69) is 44.4 Å². The first kappa shape index (κ1) is 23.3. The average molecular weight is 428 g/mol. The molecule has 0 saturated heterocycles. The number of carbonyl (C=O) groups is 2. The highest BCUT2D eigenvalue weighted by atomic mass is 32.2. The van der Waals surface area contributed by atoms with Crippen LogP contribution in [0.4, 0.5) is 0 Å². The van der Waals surface area contributed by atoms with Crippen molar-refractivity contribution in [3.8, 4) is 0 Å². The van der Waals surface area contributed by atoms with Gasteiger partial charge in [-0.25, -0.2) is 4.79 Å². The van der Waals surface area contributed by atoms with E-state index in [4.69, 9.17) is 5.11 Å². The van der Waals surface area contributed by atoms with Gasteiger partial charge in [0.15, 0.2) is 0 Å². The predicted octanol–water partition coefficient (Wildman–Crippen LogP) is 0.651. The monoisotopic (exact) mass is 427 g/mol. The highest BCUT2D eigenvalue weighted by Crippen LogP contribution is 2.35. The summed E-state index contributed by atoms with van der Waals surface area (Å²) in [7, 11) is 3.36. The maximum Gasteiger partial charge on any atom is 0.328 e. The molecule has 3 rings (SSSR count). The summed E-state index contributed by atoms with van der Waals surface area (Å²) < 4.78 is 12.7. The van der Waals surface area contributed by atoms with E-state index in [9.17, 15) is 18.9 Å². The molecule has 1 aliphatic heterocycles. The van der Waals surface area contributed by atoms with Crippen molar-refractivity contribution in [3.63, 3.8) is 0 Å². The fourth-order valence-electron chi connectivity index (χ4n) is 3.03. The first-order valence-corrected chi connectivity index (χ1v) is 10.8. The Morgan fingerprint density at radius 3 is 2.30 bits per heavy atom. The van der Waals surface area contributed by atoms with Gasteiger partial charge in [0.25, 0.3) is 0 Å². The summed E-state index contributed by atoms with van der Waals surface area (Å²) in [6.45, 7) is 1.09. The Bertz CT molecular complexity index is 979. The summed E-state index contributed by atoms with van der Waals surface area (Å²) in [5, 5.41) is 17.2. The maximum atomic E-state index is 12.7. The van der Waals surface area contributed by atoms with Crippen molar-refractivity contribution in [2.75, 3.05) is 20.6 Å². The lowest BCUT2D eigenvalue weighted by atomic mass is 9.93. The van der Waals surface area contributed by atoms with Gasteiger partial charge < -0.3 is 19.9 Å². The van der Waals surface area contributed by atoms with E-state index in [1.165, 1.54) is 21.6 Å². The minimum Gasteiger partial charge on any atom is -0.545 e. The van der Waals surface area contributed by atoms with Crippen LogP contribution in [0, 0.1) is 0 Å². The van der Waals surface area contributed by atoms with Crippen molar-refractivity contribution in [2.45, 2.75) is 17.1 Å². The number of aliphatic carboxylic acids is 2. The maximum absolute atomic E-state index is 12.7. The zero-order valence-corrected chi connectivity index (χ0v) is 17.8. The molecule has 6 nitrogen and oxygen atoms in total. The molecule has 0 aliphatic carbocycles. The number of quaternary nitrogens is 1. The molecule has 0 bridgehead atoms. The highest BCUT2D eigenvalue weighted by molar-refractivity contribution is 7.84. The second-order valence-corrected chi connectivity index (χ2v) is 8.42. The van der Waals surface area contributed by atoms with E-state index in [1.54, 1.807) is 0 Å². The number of rotatable bonds is 5. The first-order valence-electron chi connectivity index (χ1n) is 9.46. The number of carboxylic acids is 2. The summed E-state index contributed by atoms with van der Waals surface area (Å²) in [5.74, 6) is -2.20. The normalized spacial score (nSPS) is 16.4. The molecule has 0 saturated carbocycles. The van der Waals surface area contributed by atoms with Crippen LogP contribution in [0.25, 0.3) is 5.57 Å². The van der Waals surface area contributed by atoms with Crippen LogP contribution in [0.2, 0.25) is 0 Å². The van der Waals surface area contributed by atoms with Gasteiger partial charge in [-0.1, -0.05) is 48.5 Å². The van der Waals surface area contributed by atoms with Gasteiger partial charge in [-0.2, -0.15) is 0 Å². The Kier molecular flexibility index (Phi) is 8.70. The Balaban J connectivity index is 0.000000343. The standard InChI is InChI=1S/C19H21NOS.C4H4O4/c1-20(2)13-7-11-17-16-9-4-3-8-15(16)14-22(21)19-12-6-5-10-18(17)19;5-3(6)1-2-4(7)8/h3-6,8-12H,7,13-14H2,1-2H3;1-2H,(H,5,6)(H,7,8)/b17-11-;2-1-. The average Bonchev–Trinajstić information content (AvgIpc) is 2.82. The van der Waals surface area contributed by atoms with Gasteiger partial charge in [0.1, 0.15) is 0 Å². The van der Waals surface area contributed by atoms with Crippen molar-refractivity contribution in [1.29, 1.82) is 0 Å². The number of carboxylic acid groups (broad SMARTS) is 2. The lowest BCUT2D eigenvalue weighted by Crippen LogP contribution is -3.05. The highest BCUT2D eigenvalue weighted by Gasteiger charge is 2.21. The summed E-state index contributed by atoms with van der Waals surface area (Å²) in [6, 6.07) is 16.5. The van der Waals surface area contributed by atoms with Gasteiger partial charge >= 0.3 is 5.97 Å². The predicted molar refractivity (Wildman–Crippen MR) is 114 cm³/mol. The third-order valence-corrected chi connectivity index (χ3v) is 5.79. The molecule has 2 aromatic carbocycles. The van der Waals surface area contributed by atoms with Crippen molar-refractivity contribution in [2.24, 2.45) is 0 Å². The molecule has 0 fully saturated rings. The van der Waals surface area contributed by atoms with Gasteiger partial charge in [-0.15, -0.1) is 0 Å². The zero-order valence-electron chi connectivity index (χ0n) is 17.0. The molecule has 1 atom stereocenters. The molecule has 2 N–H and O–H groups in total. The van der Waals surface area contributed by atoms with E-state index in [-0.39, 0.29) is 0 Å². The molecule has 1 unspecified atom stereocenters. The van der Waals surface area contributed by atoms with Crippen LogP contribution in [0.5, 0.6) is 0 Å². The van der Waals surface area contributed by atoms with Crippen molar-refractivity contribution >= 4 is 28.3 Å². The van der Waals surface area contributed by atoms with Crippen LogP contribution < -0.4 is 10.0 Å². The van der Waals surface area contributed by atoms with Crippen LogP contribution in [0.1, 0.15) is 23.1 Å². The van der Waals surface area contributed by atoms with E-state index in [0.29, 0.717) is 17.9 Å². The number of hydrogen-bond acceptors (Lipinski definition) is 4. The summed E-state index contributed by atoms with van der Waals surface area (Å²) in [5.41, 5.74) is 4.77. The SMILES string of the molecule is C[NH+](C)CC/C=C1/c2ccccc2CS(=O)c2ccccc21.O=C([O-])/C=C\C(=O)O. The molecule has 1 aliphatic rings. The molecular formula is C23H25NO5S. The van der Waals surface area contributed by atoms with Crippen LogP contribution >= 0.6 is 0 Å². The van der Waals surface area contributed by atoms with Gasteiger partial charge in [0, 0.05) is 17.4 Å². The largest absolute Gasteiger partial charge is 0.545 e. The minimum absolute atomic E-state index is 0.447. The number of benzene rings is 2. The molecule has 2 aromatic rings. The molecular weight excluding hydrogens is 402 g/mol. The molecule has 0 radical (unpaired) electrons. The van der Waals surface area contributed by atoms with Gasteiger partial charge in [-0.3, -0.25) is 4.21 Å². The third kappa shape index (κ3) is 6.79. The topological polar surface area (TPSA) is 98.9 Å². The van der Waals surface area contributed by atoms with Crippen LogP contribution in [0.3, 0.4) is 0 Å². The smallest absolute Gasteiger partial charge is 0.328 e. The first-order chi connectivity index (χ1) is 14.3. The van der Waals surface area contributed by atoms with E-state index in [1.807, 2.05) is 24.3 Å². The summed E-state index contributed by atoms with van der Waals surface area (Å²) in [4.78, 5) is 21.4. The Labute approximate surface area is 178 Å². The molecule has 30 heavy (non-hydrogen) atoms. The van der Waals surface area contributed by atoms with Crippen LogP contribution in [0.15, 0.2) is 71.7 Å². The van der Waals surface area contributed by atoms with Crippen molar-refractivity contribution in [1.82, 2.24) is 0 Å². The third-order valence-electron chi connectivity index (χ3n) is 4.37. The molecule has 158 valence electrons. The van der Waals surface area contributed by atoms with E-state index in [0.717, 1.165) is 23.4 Å². The number of fused-ring (bicyclic) bond motifs is 2. The molecule has 0 amide bonds. The Morgan fingerprint density at radius 2 is 1.70 bits per heavy atom. The minimum atomic E-state index is -1.51. The fourth-order valence-corrected chi connectivity index (χ4v) is 4.37. The number of hydrogen-bond donors (Lipinski definition) is 2. The van der Waals surface area contributed by atoms with Gasteiger partial charge in [0.2, 0.25) is 0 Å². The second kappa shape index (κ2) is 11.2. The fraction of sp³-hybridized carbons (Fsp3) is 0.217. The lowest BCUT2D eigenvalue weighted by molar-refractivity contribution is -0.857. The number of carbonyl (C=O) groups excluding carboxylic acids is 1.